The maximum Gasteiger partial charge on any atom is 0.243 e. The predicted molar refractivity (Wildman–Crippen MR) is 90.8 cm³/mol. The zero-order chi connectivity index (χ0) is 16.3. The Kier molecular flexibility index (Phi) is 4.80. The van der Waals surface area contributed by atoms with Crippen LogP contribution >= 0.6 is 0 Å². The highest BCUT2D eigenvalue weighted by Crippen LogP contribution is 2.14. The van der Waals surface area contributed by atoms with Gasteiger partial charge in [-0.25, -0.2) is 8.42 Å². The van der Waals surface area contributed by atoms with Gasteiger partial charge in [-0.2, -0.15) is 4.31 Å². The smallest absolute Gasteiger partial charge is 0.243 e. The molecule has 0 aliphatic carbocycles. The van der Waals surface area contributed by atoms with Gasteiger partial charge in [0, 0.05) is 5.56 Å². The number of aryl methyl sites for hydroxylation is 1. The molecule has 122 valence electrons. The number of rotatable bonds is 4. The lowest BCUT2D eigenvalue weighted by Gasteiger charge is -2.31. The van der Waals surface area contributed by atoms with Crippen LogP contribution in [-0.2, 0) is 16.6 Å². The lowest BCUT2D eigenvalue weighted by Crippen LogP contribution is -3.13. The average molecular weight is 331 g/mol. The molecular formula is C18H23N2O2S+. The number of benzene rings is 2. The summed E-state index contributed by atoms with van der Waals surface area (Å²) in [5, 5.41) is 0. The van der Waals surface area contributed by atoms with Gasteiger partial charge in [-0.05, 0) is 19.1 Å². The molecular weight excluding hydrogens is 308 g/mol. The van der Waals surface area contributed by atoms with Crippen LogP contribution in [0.2, 0.25) is 0 Å². The van der Waals surface area contributed by atoms with Crippen LogP contribution in [0.15, 0.2) is 59.5 Å². The van der Waals surface area contributed by atoms with E-state index in [1.165, 1.54) is 16.0 Å². The molecule has 0 atom stereocenters. The van der Waals surface area contributed by atoms with Crippen molar-refractivity contribution in [2.45, 2.75) is 18.4 Å². The van der Waals surface area contributed by atoms with Gasteiger partial charge in [0.25, 0.3) is 0 Å². The van der Waals surface area contributed by atoms with Crippen molar-refractivity contribution < 1.29 is 13.3 Å². The fraction of sp³-hybridized carbons (Fsp3) is 0.333. The van der Waals surface area contributed by atoms with E-state index >= 15 is 0 Å². The zero-order valence-electron chi connectivity index (χ0n) is 13.4. The number of nitrogens with one attached hydrogen (secondary N) is 1. The molecule has 0 amide bonds. The first-order valence-electron chi connectivity index (χ1n) is 8.00. The summed E-state index contributed by atoms with van der Waals surface area (Å²) in [7, 11) is -3.34. The van der Waals surface area contributed by atoms with Gasteiger partial charge in [-0.1, -0.05) is 48.0 Å². The number of quaternary nitrogens is 1. The molecule has 5 heteroatoms. The van der Waals surface area contributed by atoms with Gasteiger partial charge in [-0.15, -0.1) is 0 Å². The van der Waals surface area contributed by atoms with Crippen molar-refractivity contribution in [3.63, 3.8) is 0 Å². The second-order valence-corrected chi connectivity index (χ2v) is 8.07. The molecule has 1 aliphatic rings. The first kappa shape index (κ1) is 16.2. The summed E-state index contributed by atoms with van der Waals surface area (Å²) in [4.78, 5) is 1.83. The van der Waals surface area contributed by atoms with E-state index in [0.29, 0.717) is 18.0 Å². The summed E-state index contributed by atoms with van der Waals surface area (Å²) >= 11 is 0. The summed E-state index contributed by atoms with van der Waals surface area (Å²) in [6, 6.07) is 17.3. The SMILES string of the molecule is Cc1ccc(C[NH+]2CCN(S(=O)(=O)c3ccccc3)CC2)cc1. The van der Waals surface area contributed by atoms with E-state index in [1.54, 1.807) is 28.6 Å². The molecule has 2 aromatic rings. The molecule has 0 spiro atoms. The van der Waals surface area contributed by atoms with Crippen LogP contribution in [0.4, 0.5) is 0 Å². The molecule has 0 bridgehead atoms. The minimum Gasteiger partial charge on any atom is -0.329 e. The minimum absolute atomic E-state index is 0.391. The van der Waals surface area contributed by atoms with Gasteiger partial charge in [0.05, 0.1) is 31.1 Å². The Morgan fingerprint density at radius 2 is 1.57 bits per heavy atom. The van der Waals surface area contributed by atoms with Crippen LogP contribution in [-0.4, -0.2) is 38.9 Å². The van der Waals surface area contributed by atoms with Crippen LogP contribution < -0.4 is 4.90 Å². The Bertz CT molecular complexity index is 734. The van der Waals surface area contributed by atoms with Gasteiger partial charge in [0.1, 0.15) is 6.54 Å². The maximum absolute atomic E-state index is 12.6. The average Bonchev–Trinajstić information content (AvgIpc) is 2.58. The maximum atomic E-state index is 12.6. The Balaban J connectivity index is 1.61. The van der Waals surface area contributed by atoms with Crippen LogP contribution in [0.25, 0.3) is 0 Å². The molecule has 0 radical (unpaired) electrons. The van der Waals surface area contributed by atoms with Gasteiger partial charge in [0.15, 0.2) is 0 Å². The van der Waals surface area contributed by atoms with Gasteiger partial charge < -0.3 is 4.90 Å². The van der Waals surface area contributed by atoms with Crippen molar-refractivity contribution in [3.8, 4) is 0 Å². The molecule has 0 unspecified atom stereocenters. The molecule has 1 aliphatic heterocycles. The van der Waals surface area contributed by atoms with Crippen molar-refractivity contribution in [1.29, 1.82) is 0 Å². The Hall–Kier alpha value is -1.69. The van der Waals surface area contributed by atoms with Gasteiger partial charge in [0.2, 0.25) is 10.0 Å². The predicted octanol–water partition coefficient (Wildman–Crippen LogP) is 1.08. The normalized spacial score (nSPS) is 17.3. The standard InChI is InChI=1S/C18H22N2O2S/c1-16-7-9-17(10-8-16)15-19-11-13-20(14-12-19)23(21,22)18-5-3-2-4-6-18/h2-10H,11-15H2,1H3/p+1. The van der Waals surface area contributed by atoms with E-state index in [2.05, 4.69) is 31.2 Å². The van der Waals surface area contributed by atoms with E-state index in [1.807, 2.05) is 6.07 Å². The molecule has 1 saturated heterocycles. The van der Waals surface area contributed by atoms with E-state index in [9.17, 15) is 8.42 Å². The van der Waals surface area contributed by atoms with Gasteiger partial charge >= 0.3 is 0 Å². The van der Waals surface area contributed by atoms with Crippen LogP contribution in [0.1, 0.15) is 11.1 Å². The molecule has 1 heterocycles. The van der Waals surface area contributed by atoms with E-state index < -0.39 is 10.0 Å². The first-order valence-corrected chi connectivity index (χ1v) is 9.44. The van der Waals surface area contributed by atoms with Crippen molar-refractivity contribution in [1.82, 2.24) is 4.31 Å². The fourth-order valence-corrected chi connectivity index (χ4v) is 4.42. The van der Waals surface area contributed by atoms with Crippen molar-refractivity contribution in [2.24, 2.45) is 0 Å². The summed E-state index contributed by atoms with van der Waals surface area (Å²) in [5.74, 6) is 0. The van der Waals surface area contributed by atoms with Crippen LogP contribution in [0, 0.1) is 6.92 Å². The van der Waals surface area contributed by atoms with Crippen molar-refractivity contribution in [2.75, 3.05) is 26.2 Å². The minimum atomic E-state index is -3.34. The highest BCUT2D eigenvalue weighted by molar-refractivity contribution is 7.89. The molecule has 23 heavy (non-hydrogen) atoms. The quantitative estimate of drug-likeness (QED) is 0.911. The molecule has 3 rings (SSSR count). The topological polar surface area (TPSA) is 41.8 Å². The van der Waals surface area contributed by atoms with E-state index in [-0.39, 0.29) is 0 Å². The van der Waals surface area contributed by atoms with Crippen molar-refractivity contribution in [3.05, 3.63) is 65.7 Å². The third-order valence-corrected chi connectivity index (χ3v) is 6.30. The molecule has 0 aromatic heterocycles. The first-order chi connectivity index (χ1) is 11.1. The number of piperazine rings is 1. The fourth-order valence-electron chi connectivity index (χ4n) is 2.96. The highest BCUT2D eigenvalue weighted by Gasteiger charge is 2.30. The molecule has 2 aromatic carbocycles. The Morgan fingerprint density at radius 1 is 0.957 bits per heavy atom. The third kappa shape index (κ3) is 3.80. The number of sulfonamides is 1. The Labute approximate surface area is 138 Å². The molecule has 1 N–H and O–H groups in total. The second kappa shape index (κ2) is 6.83. The van der Waals surface area contributed by atoms with Gasteiger partial charge in [-0.3, -0.25) is 0 Å². The Morgan fingerprint density at radius 3 is 2.17 bits per heavy atom. The molecule has 1 fully saturated rings. The lowest BCUT2D eigenvalue weighted by atomic mass is 10.1. The summed E-state index contributed by atoms with van der Waals surface area (Å²) in [6.07, 6.45) is 0. The summed E-state index contributed by atoms with van der Waals surface area (Å²) in [5.41, 5.74) is 2.58. The van der Waals surface area contributed by atoms with Crippen LogP contribution in [0.5, 0.6) is 0 Å². The monoisotopic (exact) mass is 331 g/mol. The van der Waals surface area contributed by atoms with E-state index in [0.717, 1.165) is 19.6 Å². The number of hydrogen-bond donors (Lipinski definition) is 1. The van der Waals surface area contributed by atoms with Crippen molar-refractivity contribution >= 4 is 10.0 Å². The molecule has 0 saturated carbocycles. The summed E-state index contributed by atoms with van der Waals surface area (Å²) < 4.78 is 26.8. The zero-order valence-corrected chi connectivity index (χ0v) is 14.2. The number of hydrogen-bond acceptors (Lipinski definition) is 2. The van der Waals surface area contributed by atoms with Crippen LogP contribution in [0.3, 0.4) is 0 Å². The lowest BCUT2D eigenvalue weighted by molar-refractivity contribution is -0.917. The van der Waals surface area contributed by atoms with E-state index in [4.69, 9.17) is 0 Å². The largest absolute Gasteiger partial charge is 0.329 e. The summed E-state index contributed by atoms with van der Waals surface area (Å²) in [6.45, 7) is 5.90. The number of nitrogens with zero attached hydrogens (tertiary/aromatic N) is 1. The highest BCUT2D eigenvalue weighted by atomic mass is 32.2. The second-order valence-electron chi connectivity index (χ2n) is 6.13. The molecule has 4 nitrogen and oxygen atoms in total. The third-order valence-electron chi connectivity index (χ3n) is 4.39.